The first-order chi connectivity index (χ1) is 13.8. The van der Waals surface area contributed by atoms with E-state index in [1.165, 1.54) is 0 Å². The number of likely N-dealkylation sites (tertiary alicyclic amines) is 1. The van der Waals surface area contributed by atoms with Crippen molar-refractivity contribution in [2.45, 2.75) is 44.8 Å². The molecule has 0 aromatic carbocycles. The number of nitrogens with zero attached hydrogens (tertiary/aromatic N) is 5. The van der Waals surface area contributed by atoms with Gasteiger partial charge in [0.25, 0.3) is 0 Å². The van der Waals surface area contributed by atoms with Gasteiger partial charge in [0.15, 0.2) is 11.6 Å². The zero-order valence-electron chi connectivity index (χ0n) is 16.4. The van der Waals surface area contributed by atoms with E-state index in [0.29, 0.717) is 18.3 Å². The second-order valence-electron chi connectivity index (χ2n) is 7.88. The van der Waals surface area contributed by atoms with Crippen molar-refractivity contribution in [3.63, 3.8) is 0 Å². The Morgan fingerprint density at radius 2 is 1.90 bits per heavy atom. The Balaban J connectivity index is 1.70. The molecular formula is C20H23F4N5. The Morgan fingerprint density at radius 3 is 2.59 bits per heavy atom. The fourth-order valence-corrected chi connectivity index (χ4v) is 4.35. The molecule has 156 valence electrons. The average Bonchev–Trinajstić information content (AvgIpc) is 2.68. The smallest absolute Gasteiger partial charge is 0.351 e. The third kappa shape index (κ3) is 3.80. The van der Waals surface area contributed by atoms with Gasteiger partial charge in [-0.25, -0.2) is 4.39 Å². The molecule has 2 aliphatic rings. The van der Waals surface area contributed by atoms with Crippen LogP contribution in [0.3, 0.4) is 0 Å². The number of anilines is 1. The summed E-state index contributed by atoms with van der Waals surface area (Å²) in [5, 5.41) is 8.57. The van der Waals surface area contributed by atoms with E-state index in [2.05, 4.69) is 32.0 Å². The molecule has 29 heavy (non-hydrogen) atoms. The number of rotatable bonds is 2. The van der Waals surface area contributed by atoms with Gasteiger partial charge < -0.3 is 9.80 Å². The van der Waals surface area contributed by atoms with Gasteiger partial charge in [0.1, 0.15) is 11.4 Å². The van der Waals surface area contributed by atoms with Crippen LogP contribution in [-0.2, 0) is 12.6 Å². The molecule has 2 aliphatic heterocycles. The normalized spacial score (nSPS) is 20.6. The lowest BCUT2D eigenvalue weighted by molar-refractivity contribution is -0.138. The molecule has 1 saturated heterocycles. The van der Waals surface area contributed by atoms with Gasteiger partial charge in [-0.3, -0.25) is 4.98 Å². The summed E-state index contributed by atoms with van der Waals surface area (Å²) in [5.74, 6) is -0.233. The van der Waals surface area contributed by atoms with E-state index in [-0.39, 0.29) is 11.4 Å². The number of pyridine rings is 1. The predicted molar refractivity (Wildman–Crippen MR) is 101 cm³/mol. The van der Waals surface area contributed by atoms with Gasteiger partial charge in [0.2, 0.25) is 0 Å². The van der Waals surface area contributed by atoms with E-state index in [9.17, 15) is 17.6 Å². The van der Waals surface area contributed by atoms with Crippen LogP contribution in [0.15, 0.2) is 12.3 Å². The molecule has 0 saturated carbocycles. The summed E-state index contributed by atoms with van der Waals surface area (Å²) in [5.41, 5.74) is 0.610. The van der Waals surface area contributed by atoms with Crippen molar-refractivity contribution in [2.24, 2.45) is 0 Å². The first-order valence-electron chi connectivity index (χ1n) is 9.80. The van der Waals surface area contributed by atoms with Crippen LogP contribution in [0.2, 0.25) is 0 Å². The summed E-state index contributed by atoms with van der Waals surface area (Å²) in [6.07, 6.45) is -0.0631. The third-order valence-corrected chi connectivity index (χ3v) is 5.85. The van der Waals surface area contributed by atoms with E-state index in [1.807, 2.05) is 6.92 Å². The second kappa shape index (κ2) is 7.51. The molecule has 0 N–H and O–H groups in total. The molecule has 4 heterocycles. The molecule has 5 nitrogen and oxygen atoms in total. The SMILES string of the molecule is Cc1c(-c2ncc(C(F)(F)F)cc2F)nnc2c1CCCN2[C@H]1CCCN(C)C1. The fourth-order valence-electron chi connectivity index (χ4n) is 4.35. The Hall–Kier alpha value is -2.29. The topological polar surface area (TPSA) is 45.2 Å². The maximum atomic E-state index is 14.4. The summed E-state index contributed by atoms with van der Waals surface area (Å²) >= 11 is 0. The van der Waals surface area contributed by atoms with Crippen molar-refractivity contribution in [1.29, 1.82) is 0 Å². The molecule has 9 heteroatoms. The Kier molecular flexibility index (Phi) is 5.18. The minimum atomic E-state index is -4.64. The van der Waals surface area contributed by atoms with E-state index >= 15 is 0 Å². The van der Waals surface area contributed by atoms with E-state index in [4.69, 9.17) is 0 Å². The van der Waals surface area contributed by atoms with Crippen LogP contribution >= 0.6 is 0 Å². The molecule has 0 spiro atoms. The van der Waals surface area contributed by atoms with E-state index < -0.39 is 17.6 Å². The fraction of sp³-hybridized carbons (Fsp3) is 0.550. The summed E-state index contributed by atoms with van der Waals surface area (Å²) in [6, 6.07) is 0.820. The molecule has 2 aromatic rings. The molecule has 1 atom stereocenters. The van der Waals surface area contributed by atoms with Crippen molar-refractivity contribution in [1.82, 2.24) is 20.1 Å². The average molecular weight is 409 g/mol. The minimum absolute atomic E-state index is 0.194. The third-order valence-electron chi connectivity index (χ3n) is 5.85. The summed E-state index contributed by atoms with van der Waals surface area (Å²) in [4.78, 5) is 8.32. The zero-order chi connectivity index (χ0) is 20.8. The van der Waals surface area contributed by atoms with Crippen LogP contribution in [0.1, 0.15) is 36.0 Å². The number of piperidine rings is 1. The van der Waals surface area contributed by atoms with E-state index in [1.54, 1.807) is 0 Å². The predicted octanol–water partition coefficient (Wildman–Crippen LogP) is 3.85. The van der Waals surface area contributed by atoms with Crippen LogP contribution < -0.4 is 4.90 Å². The molecule has 0 unspecified atom stereocenters. The molecule has 0 bridgehead atoms. The number of halogens is 4. The lowest BCUT2D eigenvalue weighted by atomic mass is 9.95. The maximum Gasteiger partial charge on any atom is 0.417 e. The first-order valence-corrected chi connectivity index (χ1v) is 9.80. The number of hydrogen-bond donors (Lipinski definition) is 0. The molecule has 0 radical (unpaired) electrons. The molecular weight excluding hydrogens is 386 g/mol. The maximum absolute atomic E-state index is 14.4. The highest BCUT2D eigenvalue weighted by Gasteiger charge is 2.33. The highest BCUT2D eigenvalue weighted by atomic mass is 19.4. The van der Waals surface area contributed by atoms with Crippen LogP contribution in [0.5, 0.6) is 0 Å². The highest BCUT2D eigenvalue weighted by molar-refractivity contribution is 5.66. The number of fused-ring (bicyclic) bond motifs is 1. The number of hydrogen-bond acceptors (Lipinski definition) is 5. The van der Waals surface area contributed by atoms with Gasteiger partial charge >= 0.3 is 6.18 Å². The van der Waals surface area contributed by atoms with Gasteiger partial charge in [-0.2, -0.15) is 13.2 Å². The standard InChI is InChI=1S/C20H23F4N5/c1-12-15-6-4-8-29(14-5-3-7-28(2)11-14)19(15)27-26-17(12)18-16(21)9-13(10-25-18)20(22,23)24/h9-10,14H,3-8,11H2,1-2H3/t14-/m0/s1. The van der Waals surface area contributed by atoms with Crippen LogP contribution in [0.25, 0.3) is 11.4 Å². The summed E-state index contributed by atoms with van der Waals surface area (Å²) < 4.78 is 52.9. The van der Waals surface area contributed by atoms with Crippen molar-refractivity contribution in [2.75, 3.05) is 31.6 Å². The summed E-state index contributed by atoms with van der Waals surface area (Å²) in [6.45, 7) is 4.75. The van der Waals surface area contributed by atoms with Gasteiger partial charge in [0.05, 0.1) is 5.56 Å². The largest absolute Gasteiger partial charge is 0.417 e. The van der Waals surface area contributed by atoms with Gasteiger partial charge in [-0.1, -0.05) is 0 Å². The second-order valence-corrected chi connectivity index (χ2v) is 7.88. The monoisotopic (exact) mass is 409 g/mol. The lowest BCUT2D eigenvalue weighted by Crippen LogP contribution is -2.49. The number of aromatic nitrogens is 3. The lowest BCUT2D eigenvalue weighted by Gasteiger charge is -2.41. The first kappa shape index (κ1) is 20.0. The van der Waals surface area contributed by atoms with Gasteiger partial charge in [-0.15, -0.1) is 10.2 Å². The van der Waals surface area contributed by atoms with Gasteiger partial charge in [0, 0.05) is 30.9 Å². The Bertz CT molecular complexity index is 914. The molecule has 0 aliphatic carbocycles. The van der Waals surface area contributed by atoms with Crippen molar-refractivity contribution in [3.05, 3.63) is 34.8 Å². The van der Waals surface area contributed by atoms with Crippen LogP contribution in [0, 0.1) is 12.7 Å². The Morgan fingerprint density at radius 1 is 1.10 bits per heavy atom. The zero-order valence-corrected chi connectivity index (χ0v) is 16.4. The summed E-state index contributed by atoms with van der Waals surface area (Å²) in [7, 11) is 2.11. The molecule has 0 amide bonds. The van der Waals surface area contributed by atoms with Crippen LogP contribution in [0.4, 0.5) is 23.4 Å². The van der Waals surface area contributed by atoms with Gasteiger partial charge in [-0.05, 0) is 57.8 Å². The van der Waals surface area contributed by atoms with Crippen molar-refractivity contribution >= 4 is 5.82 Å². The van der Waals surface area contributed by atoms with E-state index in [0.717, 1.165) is 62.3 Å². The van der Waals surface area contributed by atoms with Crippen LogP contribution in [-0.4, -0.2) is 52.8 Å². The van der Waals surface area contributed by atoms with Crippen molar-refractivity contribution in [3.8, 4) is 11.4 Å². The number of alkyl halides is 3. The molecule has 1 fully saturated rings. The quantitative estimate of drug-likeness (QED) is 0.705. The van der Waals surface area contributed by atoms with Crippen molar-refractivity contribution < 1.29 is 17.6 Å². The number of likely N-dealkylation sites (N-methyl/N-ethyl adjacent to an activating group) is 1. The highest BCUT2D eigenvalue weighted by Crippen LogP contribution is 2.36. The molecule has 2 aromatic heterocycles. The molecule has 4 rings (SSSR count). The Labute approximate surface area is 166 Å². The minimum Gasteiger partial charge on any atom is -0.351 e.